The van der Waals surface area contributed by atoms with E-state index in [-0.39, 0.29) is 11.9 Å². The van der Waals surface area contributed by atoms with Crippen molar-refractivity contribution in [1.82, 2.24) is 10.3 Å². The lowest BCUT2D eigenvalue weighted by Crippen LogP contribution is -2.26. The van der Waals surface area contributed by atoms with E-state index in [1.807, 2.05) is 31.2 Å². The van der Waals surface area contributed by atoms with Crippen molar-refractivity contribution in [1.29, 1.82) is 0 Å². The summed E-state index contributed by atoms with van der Waals surface area (Å²) in [5, 5.41) is 2.91. The zero-order chi connectivity index (χ0) is 13.1. The summed E-state index contributed by atoms with van der Waals surface area (Å²) in [5.74, 6) is -0.167. The Hall–Kier alpha value is -1.75. The molecule has 94 valence electrons. The molecule has 0 fully saturated rings. The SMILES string of the molecule is CC(NC(=O)c1cc(N)c[nH]1)c1cccc(Br)c1. The lowest BCUT2D eigenvalue weighted by Gasteiger charge is -2.14. The molecule has 0 saturated heterocycles. The third-order valence-electron chi connectivity index (χ3n) is 2.65. The first kappa shape index (κ1) is 12.7. The summed E-state index contributed by atoms with van der Waals surface area (Å²) in [5.41, 5.74) is 7.62. The van der Waals surface area contributed by atoms with Crippen LogP contribution in [0.4, 0.5) is 5.69 Å². The fourth-order valence-corrected chi connectivity index (χ4v) is 2.09. The number of carbonyl (C=O) groups excluding carboxylic acids is 1. The average Bonchev–Trinajstić information content (AvgIpc) is 2.76. The summed E-state index contributed by atoms with van der Waals surface area (Å²) >= 11 is 3.41. The van der Waals surface area contributed by atoms with Crippen LogP contribution in [0.2, 0.25) is 0 Å². The molecule has 4 N–H and O–H groups in total. The van der Waals surface area contributed by atoms with E-state index < -0.39 is 0 Å². The average molecular weight is 308 g/mol. The lowest BCUT2D eigenvalue weighted by atomic mass is 10.1. The first-order valence-corrected chi connectivity index (χ1v) is 6.36. The van der Waals surface area contributed by atoms with Gasteiger partial charge in [-0.15, -0.1) is 0 Å². The van der Waals surface area contributed by atoms with Crippen molar-refractivity contribution in [2.24, 2.45) is 0 Å². The minimum absolute atomic E-state index is 0.0699. The predicted molar refractivity (Wildman–Crippen MR) is 75.2 cm³/mol. The molecule has 0 bridgehead atoms. The first-order valence-electron chi connectivity index (χ1n) is 5.56. The molecule has 0 saturated carbocycles. The molecule has 1 aromatic heterocycles. The number of hydrogen-bond donors (Lipinski definition) is 3. The molecule has 0 radical (unpaired) electrons. The Morgan fingerprint density at radius 1 is 1.44 bits per heavy atom. The molecule has 2 rings (SSSR count). The van der Waals surface area contributed by atoms with Gasteiger partial charge in [-0.3, -0.25) is 4.79 Å². The third-order valence-corrected chi connectivity index (χ3v) is 3.14. The predicted octanol–water partition coefficient (Wildman–Crippen LogP) is 2.85. The molecule has 2 aromatic rings. The maximum absolute atomic E-state index is 11.9. The van der Waals surface area contributed by atoms with Crippen LogP contribution in [0, 0.1) is 0 Å². The number of halogens is 1. The van der Waals surface area contributed by atoms with E-state index in [2.05, 4.69) is 26.2 Å². The Morgan fingerprint density at radius 2 is 2.22 bits per heavy atom. The number of aromatic amines is 1. The van der Waals surface area contributed by atoms with Crippen LogP contribution in [-0.4, -0.2) is 10.9 Å². The van der Waals surface area contributed by atoms with Crippen LogP contribution in [0.15, 0.2) is 41.0 Å². The van der Waals surface area contributed by atoms with Crippen LogP contribution in [0.5, 0.6) is 0 Å². The Balaban J connectivity index is 2.07. The monoisotopic (exact) mass is 307 g/mol. The molecular formula is C13H14BrN3O. The van der Waals surface area contributed by atoms with Crippen molar-refractivity contribution in [2.45, 2.75) is 13.0 Å². The zero-order valence-electron chi connectivity index (χ0n) is 9.91. The van der Waals surface area contributed by atoms with Gasteiger partial charge >= 0.3 is 0 Å². The van der Waals surface area contributed by atoms with Crippen molar-refractivity contribution in [3.63, 3.8) is 0 Å². The van der Waals surface area contributed by atoms with Gasteiger partial charge in [-0.1, -0.05) is 28.1 Å². The maximum Gasteiger partial charge on any atom is 0.268 e. The second-order valence-electron chi connectivity index (χ2n) is 4.10. The second kappa shape index (κ2) is 5.27. The van der Waals surface area contributed by atoms with Crippen LogP contribution in [0.3, 0.4) is 0 Å². The Bertz CT molecular complexity index is 565. The third kappa shape index (κ3) is 2.92. The van der Waals surface area contributed by atoms with Gasteiger partial charge in [0.1, 0.15) is 5.69 Å². The Morgan fingerprint density at radius 3 is 2.83 bits per heavy atom. The topological polar surface area (TPSA) is 70.9 Å². The van der Waals surface area contributed by atoms with Gasteiger partial charge in [-0.25, -0.2) is 0 Å². The van der Waals surface area contributed by atoms with Gasteiger partial charge in [-0.2, -0.15) is 0 Å². The molecule has 1 aromatic carbocycles. The second-order valence-corrected chi connectivity index (χ2v) is 5.01. The quantitative estimate of drug-likeness (QED) is 0.816. The zero-order valence-corrected chi connectivity index (χ0v) is 11.5. The highest BCUT2D eigenvalue weighted by Gasteiger charge is 2.12. The van der Waals surface area contributed by atoms with E-state index >= 15 is 0 Å². The largest absolute Gasteiger partial charge is 0.397 e. The Kier molecular flexibility index (Phi) is 3.72. The summed E-state index contributed by atoms with van der Waals surface area (Å²) in [6.45, 7) is 1.94. The van der Waals surface area contributed by atoms with Gasteiger partial charge in [0.2, 0.25) is 0 Å². The number of amides is 1. The van der Waals surface area contributed by atoms with Crippen LogP contribution in [0.25, 0.3) is 0 Å². The summed E-state index contributed by atoms with van der Waals surface area (Å²) in [6, 6.07) is 9.38. The number of nitrogen functional groups attached to an aromatic ring is 1. The van der Waals surface area contributed by atoms with E-state index in [4.69, 9.17) is 5.73 Å². The standard InChI is InChI=1S/C13H14BrN3O/c1-8(9-3-2-4-10(14)5-9)17-13(18)12-6-11(15)7-16-12/h2-8,16H,15H2,1H3,(H,17,18). The van der Waals surface area contributed by atoms with E-state index in [9.17, 15) is 4.79 Å². The molecule has 0 aliphatic carbocycles. The number of H-pyrrole nitrogens is 1. The summed E-state index contributed by atoms with van der Waals surface area (Å²) < 4.78 is 0.991. The molecule has 5 heteroatoms. The molecule has 0 aliphatic rings. The maximum atomic E-state index is 11.9. The number of hydrogen-bond acceptors (Lipinski definition) is 2. The highest BCUT2D eigenvalue weighted by Crippen LogP contribution is 2.18. The van der Waals surface area contributed by atoms with Gasteiger partial charge in [0, 0.05) is 16.4 Å². The fraction of sp³-hybridized carbons (Fsp3) is 0.154. The minimum atomic E-state index is -0.167. The number of carbonyl (C=O) groups is 1. The van der Waals surface area contributed by atoms with Crippen LogP contribution in [0.1, 0.15) is 29.0 Å². The molecule has 1 atom stereocenters. The van der Waals surface area contributed by atoms with E-state index in [0.717, 1.165) is 10.0 Å². The van der Waals surface area contributed by atoms with Crippen LogP contribution in [-0.2, 0) is 0 Å². The van der Waals surface area contributed by atoms with Crippen molar-refractivity contribution in [3.05, 3.63) is 52.3 Å². The molecule has 0 aliphatic heterocycles. The van der Waals surface area contributed by atoms with E-state index in [0.29, 0.717) is 11.4 Å². The molecule has 0 spiro atoms. The highest BCUT2D eigenvalue weighted by atomic mass is 79.9. The van der Waals surface area contributed by atoms with Crippen molar-refractivity contribution in [2.75, 3.05) is 5.73 Å². The molecule has 18 heavy (non-hydrogen) atoms. The van der Waals surface area contributed by atoms with Gasteiger partial charge in [0.05, 0.1) is 6.04 Å². The van der Waals surface area contributed by atoms with E-state index in [1.54, 1.807) is 12.3 Å². The number of aromatic nitrogens is 1. The van der Waals surface area contributed by atoms with Crippen molar-refractivity contribution in [3.8, 4) is 0 Å². The van der Waals surface area contributed by atoms with Crippen LogP contribution >= 0.6 is 15.9 Å². The van der Waals surface area contributed by atoms with Gasteiger partial charge in [0.15, 0.2) is 0 Å². The lowest BCUT2D eigenvalue weighted by molar-refractivity contribution is 0.0935. The van der Waals surface area contributed by atoms with Gasteiger partial charge in [0.25, 0.3) is 5.91 Å². The molecular weight excluding hydrogens is 294 g/mol. The normalized spacial score (nSPS) is 12.1. The number of nitrogens with two attached hydrogens (primary N) is 1. The van der Waals surface area contributed by atoms with Gasteiger partial charge < -0.3 is 16.0 Å². The molecule has 1 unspecified atom stereocenters. The number of benzene rings is 1. The number of rotatable bonds is 3. The van der Waals surface area contributed by atoms with Crippen molar-refractivity contribution >= 4 is 27.5 Å². The number of nitrogens with one attached hydrogen (secondary N) is 2. The van der Waals surface area contributed by atoms with Crippen LogP contribution < -0.4 is 11.1 Å². The molecule has 1 heterocycles. The van der Waals surface area contributed by atoms with Crippen molar-refractivity contribution < 1.29 is 4.79 Å². The smallest absolute Gasteiger partial charge is 0.268 e. The number of anilines is 1. The summed E-state index contributed by atoms with van der Waals surface area (Å²) in [7, 11) is 0. The fourth-order valence-electron chi connectivity index (χ4n) is 1.68. The first-order chi connectivity index (χ1) is 8.56. The minimum Gasteiger partial charge on any atom is -0.397 e. The molecule has 4 nitrogen and oxygen atoms in total. The van der Waals surface area contributed by atoms with E-state index in [1.165, 1.54) is 0 Å². The Labute approximate surface area is 114 Å². The molecule has 1 amide bonds. The highest BCUT2D eigenvalue weighted by molar-refractivity contribution is 9.10. The summed E-state index contributed by atoms with van der Waals surface area (Å²) in [6.07, 6.45) is 1.60. The summed E-state index contributed by atoms with van der Waals surface area (Å²) in [4.78, 5) is 14.7. The van der Waals surface area contributed by atoms with Gasteiger partial charge in [-0.05, 0) is 30.7 Å².